The van der Waals surface area contributed by atoms with Crippen LogP contribution in [0, 0.1) is 5.82 Å². The minimum atomic E-state index is -0.210. The Balaban J connectivity index is 0.00000256. The van der Waals surface area contributed by atoms with Gasteiger partial charge in [-0.05, 0) is 62.2 Å². The van der Waals surface area contributed by atoms with Crippen molar-refractivity contribution in [2.45, 2.75) is 44.9 Å². The summed E-state index contributed by atoms with van der Waals surface area (Å²) in [5.74, 6) is -0.210. The van der Waals surface area contributed by atoms with Crippen molar-refractivity contribution in [3.63, 3.8) is 0 Å². The first kappa shape index (κ1) is 22.4. The summed E-state index contributed by atoms with van der Waals surface area (Å²) in [6, 6.07) is 13.2. The van der Waals surface area contributed by atoms with Crippen LogP contribution in [0.1, 0.15) is 36.1 Å². The van der Waals surface area contributed by atoms with Gasteiger partial charge in [-0.25, -0.2) is 4.39 Å². The normalized spacial score (nSPS) is 16.8. The van der Waals surface area contributed by atoms with Gasteiger partial charge in [0.15, 0.2) is 0 Å². The van der Waals surface area contributed by atoms with Crippen LogP contribution in [0.3, 0.4) is 0 Å². The lowest BCUT2D eigenvalue weighted by molar-refractivity contribution is 0.162. The third-order valence-corrected chi connectivity index (χ3v) is 5.48. The standard InChI is InChI=1S/C23H28FN5.ClH/c24-21-8-6-19(7-9-21)16-29-17-20(14-27-29)15-28(18-22-4-1-2-12-26-22)23-5-3-11-25-13-10-23;/h1-2,4,6-9,12,14,17,23,25H,3,5,10-11,13,15-16,18H2;1H. The van der Waals surface area contributed by atoms with Gasteiger partial charge in [-0.15, -0.1) is 12.4 Å². The fourth-order valence-electron chi connectivity index (χ4n) is 3.97. The van der Waals surface area contributed by atoms with Gasteiger partial charge in [-0.3, -0.25) is 14.6 Å². The Bertz CT molecular complexity index is 876. The van der Waals surface area contributed by atoms with Crippen molar-refractivity contribution in [2.24, 2.45) is 0 Å². The van der Waals surface area contributed by atoms with Crippen molar-refractivity contribution in [1.29, 1.82) is 0 Å². The highest BCUT2D eigenvalue weighted by Crippen LogP contribution is 2.19. The van der Waals surface area contributed by atoms with E-state index in [0.717, 1.165) is 43.9 Å². The minimum absolute atomic E-state index is 0. The van der Waals surface area contributed by atoms with Gasteiger partial charge in [0.1, 0.15) is 5.82 Å². The van der Waals surface area contributed by atoms with Crippen LogP contribution in [-0.4, -0.2) is 38.8 Å². The SMILES string of the molecule is Cl.Fc1ccc(Cn2cc(CN(Cc3ccccn3)C3CCCNCC3)cn2)cc1. The molecule has 0 spiro atoms. The van der Waals surface area contributed by atoms with Crippen LogP contribution in [0.25, 0.3) is 0 Å². The van der Waals surface area contributed by atoms with E-state index in [4.69, 9.17) is 0 Å². The molecule has 1 aliphatic heterocycles. The van der Waals surface area contributed by atoms with Gasteiger partial charge < -0.3 is 5.32 Å². The molecule has 0 radical (unpaired) electrons. The van der Waals surface area contributed by atoms with E-state index >= 15 is 0 Å². The largest absolute Gasteiger partial charge is 0.317 e. The summed E-state index contributed by atoms with van der Waals surface area (Å²) >= 11 is 0. The summed E-state index contributed by atoms with van der Waals surface area (Å²) < 4.78 is 15.0. The smallest absolute Gasteiger partial charge is 0.123 e. The molecule has 1 fully saturated rings. The molecule has 0 bridgehead atoms. The molecular weight excluding hydrogens is 401 g/mol. The molecule has 1 saturated heterocycles. The van der Waals surface area contributed by atoms with Crippen molar-refractivity contribution in [3.8, 4) is 0 Å². The van der Waals surface area contributed by atoms with E-state index in [0.29, 0.717) is 12.6 Å². The van der Waals surface area contributed by atoms with Crippen molar-refractivity contribution < 1.29 is 4.39 Å². The van der Waals surface area contributed by atoms with E-state index in [1.165, 1.54) is 30.5 Å². The zero-order valence-corrected chi connectivity index (χ0v) is 17.9. The maximum atomic E-state index is 13.1. The quantitative estimate of drug-likeness (QED) is 0.616. The first-order valence-corrected chi connectivity index (χ1v) is 10.4. The van der Waals surface area contributed by atoms with Gasteiger partial charge >= 0.3 is 0 Å². The number of halogens is 2. The first-order valence-electron chi connectivity index (χ1n) is 10.4. The van der Waals surface area contributed by atoms with Gasteiger partial charge in [0, 0.05) is 37.1 Å². The number of benzene rings is 1. The average molecular weight is 430 g/mol. The molecule has 3 aromatic rings. The molecular formula is C23H29ClFN5. The number of aromatic nitrogens is 3. The lowest BCUT2D eigenvalue weighted by Crippen LogP contribution is -2.35. The molecule has 1 N–H and O–H groups in total. The van der Waals surface area contributed by atoms with E-state index < -0.39 is 0 Å². The molecule has 1 unspecified atom stereocenters. The van der Waals surface area contributed by atoms with Gasteiger partial charge in [0.05, 0.1) is 18.4 Å². The highest BCUT2D eigenvalue weighted by atomic mass is 35.5. The van der Waals surface area contributed by atoms with E-state index in [-0.39, 0.29) is 18.2 Å². The summed E-state index contributed by atoms with van der Waals surface area (Å²) in [5.41, 5.74) is 3.34. The Hall–Kier alpha value is -2.28. The Kier molecular flexibility index (Phi) is 8.37. The van der Waals surface area contributed by atoms with Crippen LogP contribution >= 0.6 is 12.4 Å². The fourth-order valence-corrected chi connectivity index (χ4v) is 3.97. The van der Waals surface area contributed by atoms with Crippen molar-refractivity contribution in [1.82, 2.24) is 25.0 Å². The highest BCUT2D eigenvalue weighted by molar-refractivity contribution is 5.85. The monoisotopic (exact) mass is 429 g/mol. The van der Waals surface area contributed by atoms with E-state index in [1.54, 1.807) is 0 Å². The molecule has 1 aliphatic rings. The number of hydrogen-bond donors (Lipinski definition) is 1. The molecule has 0 saturated carbocycles. The molecule has 5 nitrogen and oxygen atoms in total. The number of nitrogens with zero attached hydrogens (tertiary/aromatic N) is 4. The molecule has 1 atom stereocenters. The van der Waals surface area contributed by atoms with Gasteiger partial charge in [-0.1, -0.05) is 18.2 Å². The van der Waals surface area contributed by atoms with Crippen LogP contribution in [0.2, 0.25) is 0 Å². The Morgan fingerprint density at radius 1 is 1.03 bits per heavy atom. The third-order valence-electron chi connectivity index (χ3n) is 5.48. The van der Waals surface area contributed by atoms with Crippen LogP contribution in [0.5, 0.6) is 0 Å². The predicted octanol–water partition coefficient (Wildman–Crippen LogP) is 4.03. The maximum absolute atomic E-state index is 13.1. The van der Waals surface area contributed by atoms with Crippen molar-refractivity contribution >= 4 is 12.4 Å². The topological polar surface area (TPSA) is 46.0 Å². The highest BCUT2D eigenvalue weighted by Gasteiger charge is 2.21. The molecule has 2 aromatic heterocycles. The van der Waals surface area contributed by atoms with Crippen LogP contribution < -0.4 is 5.32 Å². The maximum Gasteiger partial charge on any atom is 0.123 e. The van der Waals surface area contributed by atoms with Gasteiger partial charge in [-0.2, -0.15) is 5.10 Å². The second kappa shape index (κ2) is 11.2. The van der Waals surface area contributed by atoms with Gasteiger partial charge in [0.2, 0.25) is 0 Å². The summed E-state index contributed by atoms with van der Waals surface area (Å²) in [6.07, 6.45) is 9.46. The minimum Gasteiger partial charge on any atom is -0.317 e. The van der Waals surface area contributed by atoms with E-state index in [2.05, 4.69) is 38.6 Å². The number of pyridine rings is 1. The molecule has 0 aliphatic carbocycles. The van der Waals surface area contributed by atoms with Crippen LogP contribution in [0.15, 0.2) is 61.1 Å². The zero-order valence-electron chi connectivity index (χ0n) is 17.1. The van der Waals surface area contributed by atoms with Crippen molar-refractivity contribution in [2.75, 3.05) is 13.1 Å². The predicted molar refractivity (Wildman–Crippen MR) is 119 cm³/mol. The number of rotatable bonds is 7. The molecule has 0 amide bonds. The van der Waals surface area contributed by atoms with E-state index in [1.807, 2.05) is 35.3 Å². The van der Waals surface area contributed by atoms with E-state index in [9.17, 15) is 4.39 Å². The Labute approximate surface area is 183 Å². The summed E-state index contributed by atoms with van der Waals surface area (Å²) in [7, 11) is 0. The first-order chi connectivity index (χ1) is 14.3. The van der Waals surface area contributed by atoms with Crippen LogP contribution in [0.4, 0.5) is 4.39 Å². The second-order valence-corrected chi connectivity index (χ2v) is 7.73. The second-order valence-electron chi connectivity index (χ2n) is 7.73. The molecule has 160 valence electrons. The fraction of sp³-hybridized carbons (Fsp3) is 0.391. The third kappa shape index (κ3) is 6.36. The molecule has 4 rings (SSSR count). The summed E-state index contributed by atoms with van der Waals surface area (Å²) in [5, 5.41) is 8.04. The number of nitrogens with one attached hydrogen (secondary N) is 1. The Morgan fingerprint density at radius 2 is 1.90 bits per heavy atom. The molecule has 1 aromatic carbocycles. The number of hydrogen-bond acceptors (Lipinski definition) is 4. The molecule has 3 heterocycles. The average Bonchev–Trinajstić information content (AvgIpc) is 3.00. The Morgan fingerprint density at radius 3 is 2.70 bits per heavy atom. The molecule has 30 heavy (non-hydrogen) atoms. The summed E-state index contributed by atoms with van der Waals surface area (Å²) in [4.78, 5) is 7.07. The zero-order chi connectivity index (χ0) is 19.9. The van der Waals surface area contributed by atoms with Crippen molar-refractivity contribution in [3.05, 3.63) is 83.7 Å². The lowest BCUT2D eigenvalue weighted by Gasteiger charge is -2.30. The van der Waals surface area contributed by atoms with Crippen LogP contribution in [-0.2, 0) is 19.6 Å². The van der Waals surface area contributed by atoms with Gasteiger partial charge in [0.25, 0.3) is 0 Å². The summed E-state index contributed by atoms with van der Waals surface area (Å²) in [6.45, 7) is 4.50. The lowest BCUT2D eigenvalue weighted by atomic mass is 10.1. The molecule has 7 heteroatoms.